The van der Waals surface area contributed by atoms with Crippen LogP contribution < -0.4 is 10.6 Å². The lowest BCUT2D eigenvalue weighted by Crippen LogP contribution is -2.52. The molecule has 2 amide bonds. The summed E-state index contributed by atoms with van der Waals surface area (Å²) in [5, 5.41) is 5.28. The van der Waals surface area contributed by atoms with E-state index in [9.17, 15) is 14.4 Å². The maximum absolute atomic E-state index is 12.9. The van der Waals surface area contributed by atoms with Gasteiger partial charge in [0.15, 0.2) is 0 Å². The molecule has 0 fully saturated rings. The summed E-state index contributed by atoms with van der Waals surface area (Å²) in [5.41, 5.74) is 1.69. The minimum atomic E-state index is -0.927. The molecule has 7 nitrogen and oxygen atoms in total. The molecule has 2 rings (SSSR count). The highest BCUT2D eigenvalue weighted by molar-refractivity contribution is 5.90. The van der Waals surface area contributed by atoms with Crippen molar-refractivity contribution in [2.45, 2.75) is 38.5 Å². The molecule has 0 spiro atoms. The zero-order chi connectivity index (χ0) is 22.5. The van der Waals surface area contributed by atoms with Crippen molar-refractivity contribution >= 4 is 18.0 Å². The summed E-state index contributed by atoms with van der Waals surface area (Å²) in [6, 6.07) is 16.7. The van der Waals surface area contributed by atoms with E-state index in [2.05, 4.69) is 10.6 Å². The van der Waals surface area contributed by atoms with E-state index < -0.39 is 30.1 Å². The highest BCUT2D eigenvalue weighted by Crippen LogP contribution is 2.07. The van der Waals surface area contributed by atoms with E-state index in [0.29, 0.717) is 0 Å². The zero-order valence-electron chi connectivity index (χ0n) is 17.7. The lowest BCUT2D eigenvalue weighted by Gasteiger charge is -2.21. The molecule has 7 heteroatoms. The Hall–Kier alpha value is -3.61. The molecule has 0 aliphatic carbocycles. The molecule has 0 aliphatic rings. The highest BCUT2D eigenvalue weighted by Gasteiger charge is 2.27. The third-order valence-electron chi connectivity index (χ3n) is 4.51. The molecule has 0 saturated heterocycles. The number of hydrogen-bond acceptors (Lipinski definition) is 5. The Balaban J connectivity index is 2.08. The van der Waals surface area contributed by atoms with Crippen LogP contribution in [0, 0.1) is 0 Å². The van der Waals surface area contributed by atoms with E-state index in [1.165, 1.54) is 7.11 Å². The van der Waals surface area contributed by atoms with Crippen LogP contribution in [0.3, 0.4) is 0 Å². The second-order valence-corrected chi connectivity index (χ2v) is 6.84. The lowest BCUT2D eigenvalue weighted by molar-refractivity contribution is -0.145. The molecule has 2 aromatic carbocycles. The fraction of sp³-hybridized carbons (Fsp3) is 0.292. The first-order valence-corrected chi connectivity index (χ1v) is 10.0. The van der Waals surface area contributed by atoms with Gasteiger partial charge in [-0.1, -0.05) is 72.8 Å². The van der Waals surface area contributed by atoms with Crippen LogP contribution in [0.2, 0.25) is 0 Å². The van der Waals surface area contributed by atoms with Crippen LogP contribution in [0.25, 0.3) is 0 Å². The minimum Gasteiger partial charge on any atom is -0.467 e. The number of allylic oxidation sites excluding steroid dienone is 1. The normalized spacial score (nSPS) is 12.6. The zero-order valence-corrected chi connectivity index (χ0v) is 17.7. The first-order chi connectivity index (χ1) is 15.0. The predicted molar refractivity (Wildman–Crippen MR) is 117 cm³/mol. The number of benzene rings is 2. The van der Waals surface area contributed by atoms with Crippen molar-refractivity contribution in [3.05, 3.63) is 83.9 Å². The van der Waals surface area contributed by atoms with Crippen LogP contribution in [0.5, 0.6) is 0 Å². The van der Waals surface area contributed by atoms with E-state index >= 15 is 0 Å². The molecule has 2 N–H and O–H groups in total. The SMILES string of the molecule is C/C=C/CC(NC(=O)[C@H](Cc1ccccc1)NC(=O)OCc1ccccc1)C(=O)OC. The molecular formula is C24H28N2O5. The summed E-state index contributed by atoms with van der Waals surface area (Å²) in [6.45, 7) is 1.90. The van der Waals surface area contributed by atoms with Crippen LogP contribution in [0.4, 0.5) is 4.79 Å². The van der Waals surface area contributed by atoms with Crippen molar-refractivity contribution in [2.24, 2.45) is 0 Å². The number of nitrogens with one attached hydrogen (secondary N) is 2. The molecule has 0 aromatic heterocycles. The first-order valence-electron chi connectivity index (χ1n) is 10.0. The number of hydrogen-bond donors (Lipinski definition) is 2. The van der Waals surface area contributed by atoms with Gasteiger partial charge in [-0.05, 0) is 24.5 Å². The van der Waals surface area contributed by atoms with Gasteiger partial charge in [0.25, 0.3) is 0 Å². The van der Waals surface area contributed by atoms with E-state index in [4.69, 9.17) is 9.47 Å². The second kappa shape index (κ2) is 12.8. The van der Waals surface area contributed by atoms with Gasteiger partial charge >= 0.3 is 12.1 Å². The average molecular weight is 424 g/mol. The Morgan fingerprint density at radius 2 is 1.52 bits per heavy atom. The number of alkyl carbamates (subject to hydrolysis) is 1. The van der Waals surface area contributed by atoms with Gasteiger partial charge in [0.05, 0.1) is 7.11 Å². The van der Waals surface area contributed by atoms with E-state index in [1.54, 1.807) is 12.2 Å². The van der Waals surface area contributed by atoms with Crippen molar-refractivity contribution in [1.29, 1.82) is 0 Å². The van der Waals surface area contributed by atoms with Crippen molar-refractivity contribution in [1.82, 2.24) is 10.6 Å². The Bertz CT molecular complexity index is 868. The number of amides is 2. The Morgan fingerprint density at radius 1 is 0.903 bits per heavy atom. The maximum atomic E-state index is 12.9. The average Bonchev–Trinajstić information content (AvgIpc) is 2.80. The van der Waals surface area contributed by atoms with Crippen LogP contribution in [-0.2, 0) is 32.1 Å². The molecule has 31 heavy (non-hydrogen) atoms. The molecule has 2 atom stereocenters. The van der Waals surface area contributed by atoms with Crippen LogP contribution in [0.15, 0.2) is 72.8 Å². The maximum Gasteiger partial charge on any atom is 0.408 e. The second-order valence-electron chi connectivity index (χ2n) is 6.84. The van der Waals surface area contributed by atoms with Gasteiger partial charge in [-0.2, -0.15) is 0 Å². The largest absolute Gasteiger partial charge is 0.467 e. The third kappa shape index (κ3) is 8.34. The highest BCUT2D eigenvalue weighted by atomic mass is 16.5. The monoisotopic (exact) mass is 424 g/mol. The molecule has 0 saturated carbocycles. The molecule has 164 valence electrons. The topological polar surface area (TPSA) is 93.7 Å². The molecule has 2 aromatic rings. The number of ether oxygens (including phenoxy) is 2. The van der Waals surface area contributed by atoms with Crippen LogP contribution in [0.1, 0.15) is 24.5 Å². The third-order valence-corrected chi connectivity index (χ3v) is 4.51. The summed E-state index contributed by atoms with van der Waals surface area (Å²) in [5.74, 6) is -1.06. The molecule has 0 heterocycles. The molecule has 0 radical (unpaired) electrons. The molecular weight excluding hydrogens is 396 g/mol. The van der Waals surface area contributed by atoms with E-state index in [-0.39, 0.29) is 19.4 Å². The fourth-order valence-corrected chi connectivity index (χ4v) is 2.87. The Morgan fingerprint density at radius 3 is 2.10 bits per heavy atom. The summed E-state index contributed by atoms with van der Waals surface area (Å²) >= 11 is 0. The Kier molecular flexibility index (Phi) is 9.81. The van der Waals surface area contributed by atoms with Gasteiger partial charge in [0.2, 0.25) is 5.91 Å². The van der Waals surface area contributed by atoms with Crippen LogP contribution in [-0.4, -0.2) is 37.2 Å². The fourth-order valence-electron chi connectivity index (χ4n) is 2.87. The summed E-state index contributed by atoms with van der Waals surface area (Å²) in [7, 11) is 1.26. The summed E-state index contributed by atoms with van der Waals surface area (Å²) in [4.78, 5) is 37.3. The van der Waals surface area contributed by atoms with Crippen LogP contribution >= 0.6 is 0 Å². The van der Waals surface area contributed by atoms with Crippen molar-refractivity contribution in [3.8, 4) is 0 Å². The lowest BCUT2D eigenvalue weighted by atomic mass is 10.0. The number of carbonyl (C=O) groups excluding carboxylic acids is 3. The van der Waals surface area contributed by atoms with Gasteiger partial charge in [0.1, 0.15) is 18.7 Å². The van der Waals surface area contributed by atoms with Gasteiger partial charge in [-0.3, -0.25) is 4.79 Å². The predicted octanol–water partition coefficient (Wildman–Crippen LogP) is 3.15. The number of esters is 1. The van der Waals surface area contributed by atoms with Gasteiger partial charge in [-0.15, -0.1) is 0 Å². The minimum absolute atomic E-state index is 0.0818. The smallest absolute Gasteiger partial charge is 0.408 e. The van der Waals surface area contributed by atoms with E-state index in [0.717, 1.165) is 11.1 Å². The van der Waals surface area contributed by atoms with Crippen molar-refractivity contribution in [3.63, 3.8) is 0 Å². The summed E-state index contributed by atoms with van der Waals surface area (Å²) < 4.78 is 10.0. The van der Waals surface area contributed by atoms with Gasteiger partial charge in [0, 0.05) is 6.42 Å². The number of methoxy groups -OCH3 is 1. The quantitative estimate of drug-likeness (QED) is 0.451. The molecule has 0 aliphatic heterocycles. The molecule has 0 bridgehead atoms. The van der Waals surface area contributed by atoms with E-state index in [1.807, 2.05) is 67.6 Å². The van der Waals surface area contributed by atoms with Crippen molar-refractivity contribution in [2.75, 3.05) is 7.11 Å². The molecule has 1 unspecified atom stereocenters. The van der Waals surface area contributed by atoms with Gasteiger partial charge in [-0.25, -0.2) is 9.59 Å². The van der Waals surface area contributed by atoms with Gasteiger partial charge < -0.3 is 20.1 Å². The number of carbonyl (C=O) groups is 3. The standard InChI is InChI=1S/C24H28N2O5/c1-3-4-15-20(23(28)30-2)25-22(27)21(16-18-11-7-5-8-12-18)26-24(29)31-17-19-13-9-6-10-14-19/h3-14,20-21H,15-17H2,1-2H3,(H,25,27)(H,26,29)/b4-3+/t20?,21-/m0/s1. The number of rotatable bonds is 10. The van der Waals surface area contributed by atoms with Crippen molar-refractivity contribution < 1.29 is 23.9 Å². The first kappa shape index (κ1) is 23.7. The Labute approximate surface area is 182 Å². The summed E-state index contributed by atoms with van der Waals surface area (Å²) in [6.07, 6.45) is 3.34.